The van der Waals surface area contributed by atoms with Crippen molar-refractivity contribution in [2.75, 3.05) is 13.6 Å². The molecule has 5 heteroatoms. The van der Waals surface area contributed by atoms with Gasteiger partial charge in [-0.15, -0.1) is 0 Å². The van der Waals surface area contributed by atoms with Crippen LogP contribution in [-0.2, 0) is 13.1 Å². The first-order valence-corrected chi connectivity index (χ1v) is 7.13. The highest BCUT2D eigenvalue weighted by molar-refractivity contribution is 5.79. The van der Waals surface area contributed by atoms with Crippen LogP contribution in [-0.4, -0.2) is 29.6 Å². The van der Waals surface area contributed by atoms with Gasteiger partial charge < -0.3 is 14.7 Å². The van der Waals surface area contributed by atoms with Crippen LogP contribution in [0.5, 0.6) is 0 Å². The summed E-state index contributed by atoms with van der Waals surface area (Å²) < 4.78 is 4.82. The minimum absolute atomic E-state index is 0.511. The van der Waals surface area contributed by atoms with E-state index >= 15 is 0 Å². The second-order valence-corrected chi connectivity index (χ2v) is 5.00. The summed E-state index contributed by atoms with van der Waals surface area (Å²) in [5, 5.41) is 7.17. The topological polar surface area (TPSA) is 53.7 Å². The van der Waals surface area contributed by atoms with Gasteiger partial charge in [0.1, 0.15) is 12.0 Å². The molecule has 0 saturated heterocycles. The van der Waals surface area contributed by atoms with E-state index in [0.29, 0.717) is 6.54 Å². The number of hydrogen-bond acceptors (Lipinski definition) is 3. The highest BCUT2D eigenvalue weighted by atomic mass is 16.5. The third-order valence-corrected chi connectivity index (χ3v) is 3.12. The molecule has 2 aromatic rings. The van der Waals surface area contributed by atoms with Gasteiger partial charge in [0.15, 0.2) is 5.96 Å². The number of hydrogen-bond donors (Lipinski definition) is 1. The van der Waals surface area contributed by atoms with Gasteiger partial charge in [-0.25, -0.2) is 4.99 Å². The SMILES string of the molecule is CCNC(=NCc1ccon1)N(C)Cc1ccc(C)cc1. The van der Waals surface area contributed by atoms with E-state index in [1.165, 1.54) is 11.1 Å². The van der Waals surface area contributed by atoms with Gasteiger partial charge in [0.05, 0.1) is 6.54 Å². The van der Waals surface area contributed by atoms with Crippen LogP contribution < -0.4 is 5.32 Å². The fourth-order valence-electron chi connectivity index (χ4n) is 1.99. The molecule has 0 aliphatic heterocycles. The number of aliphatic imine (C=N–C) groups is 1. The average molecular weight is 286 g/mol. The maximum absolute atomic E-state index is 4.82. The van der Waals surface area contributed by atoms with Crippen LogP contribution in [0.2, 0.25) is 0 Å². The predicted octanol–water partition coefficient (Wildman–Crippen LogP) is 2.58. The largest absolute Gasteiger partial charge is 0.364 e. The van der Waals surface area contributed by atoms with E-state index in [1.54, 1.807) is 6.26 Å². The van der Waals surface area contributed by atoms with Crippen molar-refractivity contribution in [3.8, 4) is 0 Å². The molecule has 1 aromatic carbocycles. The highest BCUT2D eigenvalue weighted by Crippen LogP contribution is 2.06. The first kappa shape index (κ1) is 15.1. The second-order valence-electron chi connectivity index (χ2n) is 5.00. The van der Waals surface area contributed by atoms with Crippen molar-refractivity contribution in [2.45, 2.75) is 26.9 Å². The summed E-state index contributed by atoms with van der Waals surface area (Å²) in [6, 6.07) is 10.4. The van der Waals surface area contributed by atoms with E-state index in [0.717, 1.165) is 24.7 Å². The molecular formula is C16H22N4O. The molecule has 2 rings (SSSR count). The summed E-state index contributed by atoms with van der Waals surface area (Å²) in [7, 11) is 2.03. The lowest BCUT2D eigenvalue weighted by molar-refractivity contribution is 0.411. The predicted molar refractivity (Wildman–Crippen MR) is 84.0 cm³/mol. The zero-order valence-corrected chi connectivity index (χ0v) is 12.8. The number of rotatable bonds is 5. The van der Waals surface area contributed by atoms with E-state index in [1.807, 2.05) is 13.1 Å². The molecule has 0 fully saturated rings. The molecule has 21 heavy (non-hydrogen) atoms. The fraction of sp³-hybridized carbons (Fsp3) is 0.375. The van der Waals surface area contributed by atoms with Crippen molar-refractivity contribution >= 4 is 5.96 Å². The molecule has 5 nitrogen and oxygen atoms in total. The average Bonchev–Trinajstić information content (AvgIpc) is 2.99. The molecule has 0 aliphatic rings. The molecule has 1 aromatic heterocycles. The maximum Gasteiger partial charge on any atom is 0.194 e. The summed E-state index contributed by atoms with van der Waals surface area (Å²) in [5.74, 6) is 0.862. The number of nitrogens with one attached hydrogen (secondary N) is 1. The Morgan fingerprint density at radius 3 is 2.67 bits per heavy atom. The first-order chi connectivity index (χ1) is 10.2. The second kappa shape index (κ2) is 7.47. The fourth-order valence-corrected chi connectivity index (χ4v) is 1.99. The van der Waals surface area contributed by atoms with Gasteiger partial charge in [-0.1, -0.05) is 35.0 Å². The van der Waals surface area contributed by atoms with Crippen LogP contribution in [0.15, 0.2) is 46.1 Å². The van der Waals surface area contributed by atoms with E-state index in [9.17, 15) is 0 Å². The molecule has 0 bridgehead atoms. The van der Waals surface area contributed by atoms with Crippen molar-refractivity contribution in [1.29, 1.82) is 0 Å². The Morgan fingerprint density at radius 1 is 1.29 bits per heavy atom. The maximum atomic E-state index is 4.82. The minimum atomic E-state index is 0.511. The number of nitrogens with zero attached hydrogens (tertiary/aromatic N) is 3. The standard InChI is InChI=1S/C16H22N4O/c1-4-17-16(18-11-15-9-10-21-19-15)20(3)12-14-7-5-13(2)6-8-14/h5-10H,4,11-12H2,1-3H3,(H,17,18). The molecule has 112 valence electrons. The van der Waals surface area contributed by atoms with Crippen LogP contribution in [0.1, 0.15) is 23.7 Å². The normalized spacial score (nSPS) is 11.5. The highest BCUT2D eigenvalue weighted by Gasteiger charge is 2.07. The van der Waals surface area contributed by atoms with Gasteiger partial charge in [0.25, 0.3) is 0 Å². The summed E-state index contributed by atoms with van der Waals surface area (Å²) in [5.41, 5.74) is 3.36. The number of aryl methyl sites for hydroxylation is 1. The van der Waals surface area contributed by atoms with Crippen LogP contribution in [0.3, 0.4) is 0 Å². The van der Waals surface area contributed by atoms with E-state index in [2.05, 4.69) is 58.5 Å². The molecule has 0 amide bonds. The Kier molecular flexibility index (Phi) is 5.37. The van der Waals surface area contributed by atoms with Crippen molar-refractivity contribution in [3.05, 3.63) is 53.4 Å². The summed E-state index contributed by atoms with van der Waals surface area (Å²) in [4.78, 5) is 6.68. The zero-order chi connectivity index (χ0) is 15.1. The Hall–Kier alpha value is -2.30. The van der Waals surface area contributed by atoms with E-state index < -0.39 is 0 Å². The van der Waals surface area contributed by atoms with Crippen molar-refractivity contribution in [3.63, 3.8) is 0 Å². The molecule has 0 spiro atoms. The van der Waals surface area contributed by atoms with Gasteiger partial charge in [-0.2, -0.15) is 0 Å². The zero-order valence-electron chi connectivity index (χ0n) is 12.8. The van der Waals surface area contributed by atoms with Crippen LogP contribution >= 0.6 is 0 Å². The summed E-state index contributed by atoms with van der Waals surface area (Å²) in [6.07, 6.45) is 1.56. The van der Waals surface area contributed by atoms with Crippen molar-refractivity contribution < 1.29 is 4.52 Å². The molecule has 0 radical (unpaired) electrons. The Balaban J connectivity index is 2.02. The molecular weight excluding hydrogens is 264 g/mol. The number of guanidine groups is 1. The summed E-state index contributed by atoms with van der Waals surface area (Å²) in [6.45, 7) is 6.31. The molecule has 0 saturated carbocycles. The van der Waals surface area contributed by atoms with Crippen LogP contribution in [0.25, 0.3) is 0 Å². The third-order valence-electron chi connectivity index (χ3n) is 3.12. The van der Waals surface area contributed by atoms with Gasteiger partial charge in [0, 0.05) is 26.2 Å². The first-order valence-electron chi connectivity index (χ1n) is 7.13. The Bertz CT molecular complexity index is 560. The molecule has 0 unspecified atom stereocenters. The van der Waals surface area contributed by atoms with Crippen LogP contribution in [0.4, 0.5) is 0 Å². The van der Waals surface area contributed by atoms with E-state index in [4.69, 9.17) is 4.52 Å². The van der Waals surface area contributed by atoms with Gasteiger partial charge in [-0.3, -0.25) is 0 Å². The smallest absolute Gasteiger partial charge is 0.194 e. The number of benzene rings is 1. The molecule has 0 atom stereocenters. The lowest BCUT2D eigenvalue weighted by Gasteiger charge is -2.22. The van der Waals surface area contributed by atoms with Crippen molar-refractivity contribution in [2.24, 2.45) is 4.99 Å². The third kappa shape index (κ3) is 4.63. The van der Waals surface area contributed by atoms with Gasteiger partial charge >= 0.3 is 0 Å². The lowest BCUT2D eigenvalue weighted by Crippen LogP contribution is -2.38. The summed E-state index contributed by atoms with van der Waals surface area (Å²) >= 11 is 0. The quantitative estimate of drug-likeness (QED) is 0.678. The Labute approximate surface area is 125 Å². The Morgan fingerprint density at radius 2 is 2.05 bits per heavy atom. The van der Waals surface area contributed by atoms with Crippen LogP contribution in [0, 0.1) is 6.92 Å². The monoisotopic (exact) mass is 286 g/mol. The number of aromatic nitrogens is 1. The lowest BCUT2D eigenvalue weighted by atomic mass is 10.1. The van der Waals surface area contributed by atoms with Gasteiger partial charge in [-0.05, 0) is 19.4 Å². The van der Waals surface area contributed by atoms with Crippen molar-refractivity contribution in [1.82, 2.24) is 15.4 Å². The molecule has 1 heterocycles. The minimum Gasteiger partial charge on any atom is -0.364 e. The molecule has 1 N–H and O–H groups in total. The molecule has 0 aliphatic carbocycles. The van der Waals surface area contributed by atoms with E-state index in [-0.39, 0.29) is 0 Å². The van der Waals surface area contributed by atoms with Gasteiger partial charge in [0.2, 0.25) is 0 Å².